The van der Waals surface area contributed by atoms with E-state index in [-0.39, 0.29) is 23.6 Å². The lowest BCUT2D eigenvalue weighted by atomic mass is 9.96. The standard InChI is InChI=1S/C22H25N3O2/c1-16(17-7-3-2-4-8-17)15-21(26)24-13-11-18(12-14-24)25-20-10-6-5-9-19(20)23-22(25)27/h2-10,16,18H,11-15H2,1H3,(H,23,27). The highest BCUT2D eigenvalue weighted by molar-refractivity contribution is 5.77. The van der Waals surface area contributed by atoms with Crippen molar-refractivity contribution in [3.63, 3.8) is 0 Å². The van der Waals surface area contributed by atoms with Crippen molar-refractivity contribution in [1.29, 1.82) is 0 Å². The number of H-pyrrole nitrogens is 1. The Hall–Kier alpha value is -2.82. The summed E-state index contributed by atoms with van der Waals surface area (Å²) in [7, 11) is 0. The van der Waals surface area contributed by atoms with Crippen molar-refractivity contribution in [1.82, 2.24) is 14.5 Å². The number of carbonyl (C=O) groups is 1. The van der Waals surface area contributed by atoms with Gasteiger partial charge in [-0.1, -0.05) is 49.4 Å². The molecule has 5 nitrogen and oxygen atoms in total. The second-order valence-corrected chi connectivity index (χ2v) is 7.45. The van der Waals surface area contributed by atoms with E-state index in [1.54, 1.807) is 0 Å². The van der Waals surface area contributed by atoms with E-state index in [2.05, 4.69) is 24.0 Å². The van der Waals surface area contributed by atoms with E-state index in [0.29, 0.717) is 19.5 Å². The van der Waals surface area contributed by atoms with Crippen LogP contribution < -0.4 is 5.69 Å². The maximum absolute atomic E-state index is 12.7. The average molecular weight is 363 g/mol. The van der Waals surface area contributed by atoms with Gasteiger partial charge < -0.3 is 9.88 Å². The van der Waals surface area contributed by atoms with Crippen molar-refractivity contribution in [2.45, 2.75) is 38.1 Å². The van der Waals surface area contributed by atoms with Crippen LogP contribution in [0.3, 0.4) is 0 Å². The zero-order valence-electron chi connectivity index (χ0n) is 15.6. The molecule has 1 fully saturated rings. The van der Waals surface area contributed by atoms with Crippen molar-refractivity contribution in [2.24, 2.45) is 0 Å². The molecule has 1 aliphatic rings. The highest BCUT2D eigenvalue weighted by Gasteiger charge is 2.26. The molecule has 0 aliphatic carbocycles. The lowest BCUT2D eigenvalue weighted by Crippen LogP contribution is -2.40. The van der Waals surface area contributed by atoms with Crippen molar-refractivity contribution < 1.29 is 4.79 Å². The normalized spacial score (nSPS) is 16.6. The number of benzene rings is 2. The summed E-state index contributed by atoms with van der Waals surface area (Å²) in [6.07, 6.45) is 2.15. The topological polar surface area (TPSA) is 58.1 Å². The molecule has 2 heterocycles. The predicted molar refractivity (Wildman–Crippen MR) is 107 cm³/mol. The summed E-state index contributed by atoms with van der Waals surface area (Å²) >= 11 is 0. The van der Waals surface area contributed by atoms with E-state index in [1.165, 1.54) is 5.56 Å². The van der Waals surface area contributed by atoms with Crippen LogP contribution >= 0.6 is 0 Å². The number of imidazole rings is 1. The molecule has 1 unspecified atom stereocenters. The fourth-order valence-electron chi connectivity index (χ4n) is 4.10. The first kappa shape index (κ1) is 17.6. The van der Waals surface area contributed by atoms with Crippen LogP contribution in [-0.2, 0) is 4.79 Å². The fraction of sp³-hybridized carbons (Fsp3) is 0.364. The number of nitrogens with zero attached hydrogens (tertiary/aromatic N) is 2. The van der Waals surface area contributed by atoms with Gasteiger partial charge in [0, 0.05) is 25.6 Å². The fourth-order valence-corrected chi connectivity index (χ4v) is 4.10. The molecule has 0 saturated carbocycles. The number of carbonyl (C=O) groups excluding carboxylic acids is 1. The molecule has 3 aromatic rings. The molecule has 1 atom stereocenters. The van der Waals surface area contributed by atoms with E-state index in [1.807, 2.05) is 51.9 Å². The van der Waals surface area contributed by atoms with Crippen LogP contribution in [0.1, 0.15) is 43.7 Å². The molecule has 0 radical (unpaired) electrons. The van der Waals surface area contributed by atoms with Crippen LogP contribution in [0, 0.1) is 0 Å². The van der Waals surface area contributed by atoms with E-state index >= 15 is 0 Å². The first-order valence-electron chi connectivity index (χ1n) is 9.65. The molecule has 1 aromatic heterocycles. The Bertz CT molecular complexity index is 981. The summed E-state index contributed by atoms with van der Waals surface area (Å²) in [5.41, 5.74) is 2.97. The second kappa shape index (κ2) is 7.43. The summed E-state index contributed by atoms with van der Waals surface area (Å²) in [5, 5.41) is 0. The lowest BCUT2D eigenvalue weighted by molar-refractivity contribution is -0.132. The van der Waals surface area contributed by atoms with Gasteiger partial charge in [-0.2, -0.15) is 0 Å². The van der Waals surface area contributed by atoms with Gasteiger partial charge >= 0.3 is 5.69 Å². The number of likely N-dealkylation sites (tertiary alicyclic amines) is 1. The summed E-state index contributed by atoms with van der Waals surface area (Å²) in [4.78, 5) is 30.0. The van der Waals surface area contributed by atoms with Gasteiger partial charge in [-0.3, -0.25) is 9.36 Å². The largest absolute Gasteiger partial charge is 0.343 e. The molecular weight excluding hydrogens is 338 g/mol. The van der Waals surface area contributed by atoms with Gasteiger partial charge in [0.15, 0.2) is 0 Å². The van der Waals surface area contributed by atoms with Crippen LogP contribution in [-0.4, -0.2) is 33.4 Å². The summed E-state index contributed by atoms with van der Waals surface area (Å²) in [6.45, 7) is 3.51. The SMILES string of the molecule is CC(CC(=O)N1CCC(n2c(=O)[nH]c3ccccc32)CC1)c1ccccc1. The lowest BCUT2D eigenvalue weighted by Gasteiger charge is -2.33. The maximum atomic E-state index is 12.7. The number of rotatable bonds is 4. The smallest absolute Gasteiger partial charge is 0.326 e. The number of amides is 1. The molecule has 1 saturated heterocycles. The molecule has 2 aromatic carbocycles. The van der Waals surface area contributed by atoms with Crippen molar-refractivity contribution in [3.8, 4) is 0 Å². The highest BCUT2D eigenvalue weighted by Crippen LogP contribution is 2.26. The molecule has 1 N–H and O–H groups in total. The molecule has 1 aliphatic heterocycles. The van der Waals surface area contributed by atoms with Gasteiger partial charge in [0.1, 0.15) is 0 Å². The van der Waals surface area contributed by atoms with Gasteiger partial charge in [0.05, 0.1) is 11.0 Å². The molecule has 1 amide bonds. The molecule has 140 valence electrons. The minimum Gasteiger partial charge on any atom is -0.343 e. The minimum absolute atomic E-state index is 0.0568. The Morgan fingerprint density at radius 1 is 1.07 bits per heavy atom. The number of fused-ring (bicyclic) bond motifs is 1. The molecule has 5 heteroatoms. The highest BCUT2D eigenvalue weighted by atomic mass is 16.2. The Balaban J connectivity index is 1.40. The Morgan fingerprint density at radius 2 is 1.74 bits per heavy atom. The van der Waals surface area contributed by atoms with Crippen molar-refractivity contribution in [2.75, 3.05) is 13.1 Å². The number of aromatic amines is 1. The van der Waals surface area contributed by atoms with E-state index < -0.39 is 0 Å². The second-order valence-electron chi connectivity index (χ2n) is 7.45. The Labute approximate surface area is 158 Å². The van der Waals surface area contributed by atoms with E-state index in [0.717, 1.165) is 23.9 Å². The Kier molecular flexibility index (Phi) is 4.84. The Morgan fingerprint density at radius 3 is 2.48 bits per heavy atom. The number of piperidine rings is 1. The molecule has 0 bridgehead atoms. The van der Waals surface area contributed by atoms with E-state index in [9.17, 15) is 9.59 Å². The quantitative estimate of drug-likeness (QED) is 0.769. The van der Waals surface area contributed by atoms with Gasteiger partial charge in [0.25, 0.3) is 0 Å². The molecular formula is C22H25N3O2. The van der Waals surface area contributed by atoms with E-state index in [4.69, 9.17) is 0 Å². The van der Waals surface area contributed by atoms with Crippen molar-refractivity contribution in [3.05, 3.63) is 70.6 Å². The zero-order chi connectivity index (χ0) is 18.8. The van der Waals surface area contributed by atoms with Crippen LogP contribution in [0.5, 0.6) is 0 Å². The number of nitrogens with one attached hydrogen (secondary N) is 1. The average Bonchev–Trinajstić information content (AvgIpc) is 3.04. The number of para-hydroxylation sites is 2. The third kappa shape index (κ3) is 3.54. The van der Waals surface area contributed by atoms with Crippen LogP contribution in [0.2, 0.25) is 0 Å². The zero-order valence-corrected chi connectivity index (χ0v) is 15.6. The van der Waals surface area contributed by atoms with Crippen LogP contribution in [0.4, 0.5) is 0 Å². The van der Waals surface area contributed by atoms with Gasteiger partial charge in [-0.25, -0.2) is 4.79 Å². The van der Waals surface area contributed by atoms with Gasteiger partial charge in [-0.05, 0) is 36.5 Å². The molecule has 27 heavy (non-hydrogen) atoms. The summed E-state index contributed by atoms with van der Waals surface area (Å²) < 4.78 is 1.86. The number of hydrogen-bond acceptors (Lipinski definition) is 2. The number of hydrogen-bond donors (Lipinski definition) is 1. The van der Waals surface area contributed by atoms with Crippen molar-refractivity contribution >= 4 is 16.9 Å². The number of aromatic nitrogens is 2. The first-order chi connectivity index (χ1) is 13.1. The third-order valence-electron chi connectivity index (χ3n) is 5.66. The third-order valence-corrected chi connectivity index (χ3v) is 5.66. The minimum atomic E-state index is -0.0568. The van der Waals surface area contributed by atoms with Crippen LogP contribution in [0.15, 0.2) is 59.4 Å². The monoisotopic (exact) mass is 363 g/mol. The van der Waals surface area contributed by atoms with Gasteiger partial charge in [-0.15, -0.1) is 0 Å². The molecule has 0 spiro atoms. The van der Waals surface area contributed by atoms with Crippen LogP contribution in [0.25, 0.3) is 11.0 Å². The maximum Gasteiger partial charge on any atom is 0.326 e. The molecule has 4 rings (SSSR count). The summed E-state index contributed by atoms with van der Waals surface area (Å²) in [5.74, 6) is 0.420. The first-order valence-corrected chi connectivity index (χ1v) is 9.65. The van der Waals surface area contributed by atoms with Gasteiger partial charge in [0.2, 0.25) is 5.91 Å². The summed E-state index contributed by atoms with van der Waals surface area (Å²) in [6, 6.07) is 18.1. The predicted octanol–water partition coefficient (Wildman–Crippen LogP) is 3.69.